The smallest absolute Gasteiger partial charge is 0.191 e. The average Bonchev–Trinajstić information content (AvgIpc) is 3.20. The molecule has 0 bridgehead atoms. The number of hydrogen-bond acceptors (Lipinski definition) is 4. The fourth-order valence-electron chi connectivity index (χ4n) is 3.23. The van der Waals surface area contributed by atoms with Crippen LogP contribution in [0, 0.1) is 0 Å². The number of benzene rings is 2. The molecular weight excluding hydrogens is 537 g/mol. The molecule has 1 heterocycles. The Morgan fingerprint density at radius 1 is 1.16 bits per heavy atom. The van der Waals surface area contributed by atoms with Crippen molar-refractivity contribution in [3.8, 4) is 5.75 Å². The third-order valence-electron chi connectivity index (χ3n) is 4.71. The minimum Gasteiger partial charge on any atom is -0.490 e. The Balaban J connectivity index is 0.00000363. The third-order valence-corrected chi connectivity index (χ3v) is 6.00. The summed E-state index contributed by atoms with van der Waals surface area (Å²) in [5.41, 5.74) is 1.84. The van der Waals surface area contributed by atoms with Crippen molar-refractivity contribution in [3.63, 3.8) is 0 Å². The maximum atomic E-state index is 12.4. The summed E-state index contributed by atoms with van der Waals surface area (Å²) in [6.07, 6.45) is 0. The molecule has 174 valence electrons. The van der Waals surface area contributed by atoms with E-state index in [0.29, 0.717) is 30.6 Å². The lowest BCUT2D eigenvalue weighted by atomic mass is 10.2. The molecule has 0 amide bonds. The molecule has 0 radical (unpaired) electrons. The zero-order valence-corrected chi connectivity index (χ0v) is 21.9. The number of hydrogen-bond donors (Lipinski definition) is 2. The maximum absolute atomic E-state index is 12.4. The number of aliphatic imine (C=N–C) groups is 1. The van der Waals surface area contributed by atoms with Gasteiger partial charge in [0.25, 0.3) is 0 Å². The van der Waals surface area contributed by atoms with Crippen LogP contribution in [0.5, 0.6) is 5.75 Å². The van der Waals surface area contributed by atoms with Gasteiger partial charge in [0.1, 0.15) is 5.76 Å². The number of para-hydroxylation sites is 1. The highest BCUT2D eigenvalue weighted by Crippen LogP contribution is 2.31. The molecule has 32 heavy (non-hydrogen) atoms. The SMILES string of the molecule is CCNC(=NCCS(=O)Cc1ccccc1)NC(C)c1cc2cccc(OCC)c2o1.I. The minimum atomic E-state index is -0.950. The van der Waals surface area contributed by atoms with Gasteiger partial charge in [0.05, 0.1) is 19.2 Å². The van der Waals surface area contributed by atoms with Gasteiger partial charge in [0.2, 0.25) is 0 Å². The van der Waals surface area contributed by atoms with Crippen LogP contribution in [0.2, 0.25) is 0 Å². The zero-order valence-electron chi connectivity index (χ0n) is 18.8. The van der Waals surface area contributed by atoms with E-state index < -0.39 is 10.8 Å². The van der Waals surface area contributed by atoms with Crippen LogP contribution in [0.1, 0.15) is 38.1 Å². The first-order valence-electron chi connectivity index (χ1n) is 10.7. The van der Waals surface area contributed by atoms with E-state index in [4.69, 9.17) is 9.15 Å². The van der Waals surface area contributed by atoms with Crippen LogP contribution in [0.15, 0.2) is 64.0 Å². The Hall–Kier alpha value is -2.07. The quantitative estimate of drug-likeness (QED) is 0.204. The molecule has 0 spiro atoms. The number of halogens is 1. The van der Waals surface area contributed by atoms with Crippen molar-refractivity contribution in [2.45, 2.75) is 32.6 Å². The standard InChI is InChI=1S/C24H31N3O3S.HI/c1-4-25-24(26-14-15-31(28)17-19-10-7-6-8-11-19)27-18(3)22-16-20-12-9-13-21(29-5-2)23(20)30-22;/h6-13,16,18H,4-5,14-15,17H2,1-3H3,(H2,25,26,27);1H. The summed E-state index contributed by atoms with van der Waals surface area (Å²) >= 11 is 0. The number of nitrogens with zero attached hydrogens (tertiary/aromatic N) is 1. The van der Waals surface area contributed by atoms with Gasteiger partial charge in [-0.15, -0.1) is 24.0 Å². The first-order chi connectivity index (χ1) is 15.1. The Morgan fingerprint density at radius 2 is 1.94 bits per heavy atom. The molecule has 2 unspecified atom stereocenters. The van der Waals surface area contributed by atoms with Crippen LogP contribution in [-0.2, 0) is 16.6 Å². The van der Waals surface area contributed by atoms with Crippen LogP contribution in [0.4, 0.5) is 0 Å². The van der Waals surface area contributed by atoms with Gasteiger partial charge >= 0.3 is 0 Å². The van der Waals surface area contributed by atoms with E-state index in [-0.39, 0.29) is 30.0 Å². The zero-order chi connectivity index (χ0) is 22.1. The second-order valence-corrected chi connectivity index (χ2v) is 8.73. The highest BCUT2D eigenvalue weighted by atomic mass is 127. The lowest BCUT2D eigenvalue weighted by molar-refractivity contribution is 0.336. The van der Waals surface area contributed by atoms with Crippen LogP contribution in [0.25, 0.3) is 11.0 Å². The van der Waals surface area contributed by atoms with Crippen LogP contribution < -0.4 is 15.4 Å². The monoisotopic (exact) mass is 569 g/mol. The molecule has 2 N–H and O–H groups in total. The van der Waals surface area contributed by atoms with E-state index >= 15 is 0 Å². The summed E-state index contributed by atoms with van der Waals surface area (Å²) < 4.78 is 24.1. The van der Waals surface area contributed by atoms with Crippen LogP contribution >= 0.6 is 24.0 Å². The van der Waals surface area contributed by atoms with Gasteiger partial charge in [-0.25, -0.2) is 0 Å². The topological polar surface area (TPSA) is 75.9 Å². The van der Waals surface area contributed by atoms with E-state index in [2.05, 4.69) is 15.6 Å². The first-order valence-corrected chi connectivity index (χ1v) is 12.2. The van der Waals surface area contributed by atoms with Crippen LogP contribution in [-0.4, -0.2) is 35.6 Å². The molecule has 2 atom stereocenters. The van der Waals surface area contributed by atoms with Gasteiger partial charge in [-0.05, 0) is 38.5 Å². The van der Waals surface area contributed by atoms with Gasteiger partial charge in [0.15, 0.2) is 17.3 Å². The molecule has 0 fully saturated rings. The van der Waals surface area contributed by atoms with Crippen molar-refractivity contribution >= 4 is 51.7 Å². The molecule has 3 rings (SSSR count). The predicted molar refractivity (Wildman–Crippen MR) is 143 cm³/mol. The number of rotatable bonds is 10. The Labute approximate surface area is 209 Å². The van der Waals surface area contributed by atoms with Crippen molar-refractivity contribution in [2.24, 2.45) is 4.99 Å². The molecule has 0 aliphatic rings. The largest absolute Gasteiger partial charge is 0.490 e. The van der Waals surface area contributed by atoms with Gasteiger partial charge in [-0.1, -0.05) is 42.5 Å². The predicted octanol–water partition coefficient (Wildman–Crippen LogP) is 5.01. The van der Waals surface area contributed by atoms with Crippen LogP contribution in [0.3, 0.4) is 0 Å². The molecule has 0 saturated carbocycles. The molecule has 1 aromatic heterocycles. The Kier molecular flexibility index (Phi) is 11.0. The molecule has 0 aliphatic heterocycles. The van der Waals surface area contributed by atoms with E-state index in [1.165, 1.54) is 0 Å². The molecule has 0 aliphatic carbocycles. The molecule has 3 aromatic rings. The second kappa shape index (κ2) is 13.5. The third kappa shape index (κ3) is 7.51. The van der Waals surface area contributed by atoms with Gasteiger partial charge in [-0.2, -0.15) is 0 Å². The summed E-state index contributed by atoms with van der Waals surface area (Å²) in [5.74, 6) is 3.30. The summed E-state index contributed by atoms with van der Waals surface area (Å²) in [5, 5.41) is 7.63. The fraction of sp³-hybridized carbons (Fsp3) is 0.375. The summed E-state index contributed by atoms with van der Waals surface area (Å²) in [4.78, 5) is 4.60. The lowest BCUT2D eigenvalue weighted by Crippen LogP contribution is -2.38. The number of fused-ring (bicyclic) bond motifs is 1. The normalized spacial score (nSPS) is 13.3. The maximum Gasteiger partial charge on any atom is 0.191 e. The van der Waals surface area contributed by atoms with Gasteiger partial charge in [-0.3, -0.25) is 9.20 Å². The van der Waals surface area contributed by atoms with E-state index in [1.54, 1.807) is 0 Å². The minimum absolute atomic E-state index is 0. The lowest BCUT2D eigenvalue weighted by Gasteiger charge is -2.16. The Morgan fingerprint density at radius 3 is 2.66 bits per heavy atom. The van der Waals surface area contributed by atoms with Gasteiger partial charge in [0, 0.05) is 34.2 Å². The van der Waals surface area contributed by atoms with Crippen molar-refractivity contribution in [2.75, 3.05) is 25.4 Å². The number of nitrogens with one attached hydrogen (secondary N) is 2. The molecule has 0 saturated heterocycles. The van der Waals surface area contributed by atoms with E-state index in [9.17, 15) is 4.21 Å². The summed E-state index contributed by atoms with van der Waals surface area (Å²) in [6, 6.07) is 17.7. The first kappa shape index (κ1) is 26.2. The highest BCUT2D eigenvalue weighted by Gasteiger charge is 2.15. The van der Waals surface area contributed by atoms with Crippen molar-refractivity contribution < 1.29 is 13.4 Å². The number of guanidine groups is 1. The van der Waals surface area contributed by atoms with Gasteiger partial charge < -0.3 is 19.8 Å². The molecule has 8 heteroatoms. The summed E-state index contributed by atoms with van der Waals surface area (Å²) in [6.45, 7) is 7.81. The van der Waals surface area contributed by atoms with E-state index in [1.807, 2.05) is 75.4 Å². The molecular formula is C24H32IN3O3S. The van der Waals surface area contributed by atoms with E-state index in [0.717, 1.165) is 34.6 Å². The molecule has 2 aromatic carbocycles. The van der Waals surface area contributed by atoms with Crippen molar-refractivity contribution in [3.05, 3.63) is 65.9 Å². The second-order valence-electron chi connectivity index (χ2n) is 7.16. The highest BCUT2D eigenvalue weighted by molar-refractivity contribution is 14.0. The molecule has 6 nitrogen and oxygen atoms in total. The Bertz CT molecular complexity index is 1020. The van der Waals surface area contributed by atoms with Crippen molar-refractivity contribution in [1.82, 2.24) is 10.6 Å². The summed E-state index contributed by atoms with van der Waals surface area (Å²) in [7, 11) is -0.950. The number of ether oxygens (including phenoxy) is 1. The average molecular weight is 570 g/mol. The fourth-order valence-corrected chi connectivity index (χ4v) is 4.23. The van der Waals surface area contributed by atoms with Crippen molar-refractivity contribution in [1.29, 1.82) is 0 Å². The number of furan rings is 1.